The predicted octanol–water partition coefficient (Wildman–Crippen LogP) is 1.29. The van der Waals surface area contributed by atoms with Gasteiger partial charge in [-0.1, -0.05) is 0 Å². The summed E-state index contributed by atoms with van der Waals surface area (Å²) in [4.78, 5) is 36.3. The molecular weight excluding hydrogens is 270 g/mol. The zero-order chi connectivity index (χ0) is 14.7. The maximum atomic E-state index is 11.4. The molecule has 1 aromatic carbocycles. The summed E-state index contributed by atoms with van der Waals surface area (Å²) in [6, 6.07) is 3.55. The van der Waals surface area contributed by atoms with Gasteiger partial charge in [-0.25, -0.2) is 4.79 Å². The molecule has 0 saturated heterocycles. The lowest BCUT2D eigenvalue weighted by molar-refractivity contribution is 0.449. The van der Waals surface area contributed by atoms with Gasteiger partial charge < -0.3 is 10.2 Å². The van der Waals surface area contributed by atoms with E-state index in [1.54, 1.807) is 0 Å². The standard InChI is InChI=1S/C10H7N5O5/c16-6-2-1-4(15-20)3-5(6)13-14-7-8(17)11-10(19)12-9(7)18/h1-3,16H,(H3,11,12,17,18,19). The van der Waals surface area contributed by atoms with Crippen LogP contribution in [0.4, 0.5) is 17.1 Å². The number of hydrogen-bond acceptors (Lipinski definition) is 8. The maximum absolute atomic E-state index is 11.4. The number of azo groups is 1. The van der Waals surface area contributed by atoms with Gasteiger partial charge in [0.25, 0.3) is 5.56 Å². The third-order valence-electron chi connectivity index (χ3n) is 2.22. The normalized spacial score (nSPS) is 10.8. The molecule has 10 heteroatoms. The number of nitrogens with zero attached hydrogens (tertiary/aromatic N) is 3. The summed E-state index contributed by atoms with van der Waals surface area (Å²) >= 11 is 0. The van der Waals surface area contributed by atoms with Crippen LogP contribution in [0.3, 0.4) is 0 Å². The molecule has 0 bridgehead atoms. The first-order valence-electron chi connectivity index (χ1n) is 5.15. The number of phenols is 1. The third-order valence-corrected chi connectivity index (χ3v) is 2.22. The van der Waals surface area contributed by atoms with Crippen molar-refractivity contribution >= 4 is 17.1 Å². The monoisotopic (exact) mass is 277 g/mol. The highest BCUT2D eigenvalue weighted by Crippen LogP contribution is 2.32. The predicted molar refractivity (Wildman–Crippen MR) is 67.1 cm³/mol. The fourth-order valence-corrected chi connectivity index (χ4v) is 1.31. The molecule has 0 saturated carbocycles. The quantitative estimate of drug-likeness (QED) is 0.490. The summed E-state index contributed by atoms with van der Waals surface area (Å²) < 4.78 is 0. The van der Waals surface area contributed by atoms with Crippen LogP contribution in [0.2, 0.25) is 0 Å². The van der Waals surface area contributed by atoms with Crippen LogP contribution >= 0.6 is 0 Å². The molecule has 0 aliphatic heterocycles. The topological polar surface area (TPSA) is 160 Å². The smallest absolute Gasteiger partial charge is 0.328 e. The summed E-state index contributed by atoms with van der Waals surface area (Å²) in [5.41, 5.74) is -2.54. The van der Waals surface area contributed by atoms with E-state index in [1.807, 2.05) is 9.97 Å². The SMILES string of the molecule is O=Nc1ccc(O)c(N=Nc2c(O)[nH]c(=O)[nH]c2=O)c1. The van der Waals surface area contributed by atoms with Crippen LogP contribution in [0, 0.1) is 4.91 Å². The molecule has 0 fully saturated rings. The van der Waals surface area contributed by atoms with Crippen LogP contribution < -0.4 is 11.2 Å². The number of rotatable bonds is 3. The van der Waals surface area contributed by atoms with Gasteiger partial charge in [0.15, 0.2) is 0 Å². The van der Waals surface area contributed by atoms with Crippen molar-refractivity contribution in [1.82, 2.24) is 9.97 Å². The van der Waals surface area contributed by atoms with Gasteiger partial charge >= 0.3 is 5.69 Å². The molecule has 2 rings (SSSR count). The number of H-pyrrole nitrogens is 2. The number of nitrogens with one attached hydrogen (secondary N) is 2. The number of benzene rings is 1. The van der Waals surface area contributed by atoms with Crippen molar-refractivity contribution in [2.45, 2.75) is 0 Å². The summed E-state index contributed by atoms with van der Waals surface area (Å²) in [5, 5.41) is 28.4. The number of phenolic OH excluding ortho intramolecular Hbond substituents is 1. The van der Waals surface area contributed by atoms with Gasteiger partial charge in [0.1, 0.15) is 17.1 Å². The molecule has 1 aromatic heterocycles. The molecule has 0 radical (unpaired) electrons. The van der Waals surface area contributed by atoms with E-state index >= 15 is 0 Å². The Balaban J connectivity index is 2.47. The van der Waals surface area contributed by atoms with E-state index in [4.69, 9.17) is 0 Å². The van der Waals surface area contributed by atoms with E-state index in [0.717, 1.165) is 6.07 Å². The van der Waals surface area contributed by atoms with Gasteiger partial charge in [0, 0.05) is 0 Å². The summed E-state index contributed by atoms with van der Waals surface area (Å²) in [6.45, 7) is 0. The van der Waals surface area contributed by atoms with Crippen molar-refractivity contribution in [2.75, 3.05) is 0 Å². The Labute approximate surface area is 109 Å². The highest BCUT2D eigenvalue weighted by atomic mass is 16.3. The average Bonchev–Trinajstić information content (AvgIpc) is 2.39. The second-order valence-electron chi connectivity index (χ2n) is 3.57. The summed E-state index contributed by atoms with van der Waals surface area (Å²) in [5.74, 6) is -1.08. The van der Waals surface area contributed by atoms with E-state index in [-0.39, 0.29) is 17.1 Å². The lowest BCUT2D eigenvalue weighted by Crippen LogP contribution is -2.20. The first-order valence-corrected chi connectivity index (χ1v) is 5.15. The fraction of sp³-hybridized carbons (Fsp3) is 0. The van der Waals surface area contributed by atoms with E-state index < -0.39 is 22.8 Å². The zero-order valence-electron chi connectivity index (χ0n) is 9.69. The Morgan fingerprint density at radius 2 is 1.80 bits per heavy atom. The van der Waals surface area contributed by atoms with Crippen molar-refractivity contribution < 1.29 is 10.2 Å². The second kappa shape index (κ2) is 5.14. The average molecular weight is 277 g/mol. The lowest BCUT2D eigenvalue weighted by Gasteiger charge is -1.98. The molecule has 102 valence electrons. The minimum absolute atomic E-state index is 0.00338. The van der Waals surface area contributed by atoms with E-state index in [0.29, 0.717) is 0 Å². The Morgan fingerprint density at radius 3 is 2.45 bits per heavy atom. The second-order valence-corrected chi connectivity index (χ2v) is 3.57. The molecule has 20 heavy (non-hydrogen) atoms. The van der Waals surface area contributed by atoms with Crippen LogP contribution in [0.1, 0.15) is 0 Å². The van der Waals surface area contributed by atoms with E-state index in [9.17, 15) is 24.7 Å². The molecule has 0 aliphatic rings. The van der Waals surface area contributed by atoms with Crippen molar-refractivity contribution in [3.63, 3.8) is 0 Å². The van der Waals surface area contributed by atoms with Crippen molar-refractivity contribution in [1.29, 1.82) is 0 Å². The number of aromatic amines is 2. The number of nitroso groups, excluding NO2 is 1. The molecule has 1 heterocycles. The van der Waals surface area contributed by atoms with Gasteiger partial charge in [0.2, 0.25) is 11.6 Å². The zero-order valence-corrected chi connectivity index (χ0v) is 9.69. The minimum atomic E-state index is -0.959. The number of aromatic nitrogens is 2. The molecule has 2 aromatic rings. The molecule has 4 N–H and O–H groups in total. The molecule has 0 atom stereocenters. The van der Waals surface area contributed by atoms with Crippen molar-refractivity contribution in [3.8, 4) is 11.6 Å². The van der Waals surface area contributed by atoms with Crippen LogP contribution in [-0.2, 0) is 0 Å². The lowest BCUT2D eigenvalue weighted by atomic mass is 10.2. The summed E-state index contributed by atoms with van der Waals surface area (Å²) in [6.07, 6.45) is 0. The van der Waals surface area contributed by atoms with E-state index in [2.05, 4.69) is 15.4 Å². The molecule has 0 unspecified atom stereocenters. The maximum Gasteiger partial charge on any atom is 0.328 e. The van der Waals surface area contributed by atoms with Gasteiger partial charge in [-0.3, -0.25) is 14.8 Å². The Kier molecular flexibility index (Phi) is 3.37. The highest BCUT2D eigenvalue weighted by Gasteiger charge is 2.08. The Hall–Kier alpha value is -3.30. The first-order chi connectivity index (χ1) is 9.51. The third kappa shape index (κ3) is 2.58. The van der Waals surface area contributed by atoms with Gasteiger partial charge in [0.05, 0.1) is 0 Å². The number of hydrogen-bond donors (Lipinski definition) is 4. The first kappa shape index (κ1) is 13.1. The van der Waals surface area contributed by atoms with Crippen LogP contribution in [0.25, 0.3) is 0 Å². The van der Waals surface area contributed by atoms with Gasteiger partial charge in [-0.05, 0) is 23.4 Å². The van der Waals surface area contributed by atoms with Crippen molar-refractivity contribution in [3.05, 3.63) is 43.9 Å². The largest absolute Gasteiger partial charge is 0.506 e. The fourth-order valence-electron chi connectivity index (χ4n) is 1.31. The molecular formula is C10H7N5O5. The number of aromatic hydroxyl groups is 2. The van der Waals surface area contributed by atoms with Gasteiger partial charge in [-0.2, -0.15) is 0 Å². The van der Waals surface area contributed by atoms with Crippen LogP contribution in [0.15, 0.2) is 43.2 Å². The summed E-state index contributed by atoms with van der Waals surface area (Å²) in [7, 11) is 0. The van der Waals surface area contributed by atoms with Crippen LogP contribution in [-0.4, -0.2) is 20.2 Å². The molecule has 0 amide bonds. The van der Waals surface area contributed by atoms with Gasteiger partial charge in [-0.15, -0.1) is 15.1 Å². The highest BCUT2D eigenvalue weighted by molar-refractivity contribution is 5.59. The van der Waals surface area contributed by atoms with Crippen LogP contribution in [0.5, 0.6) is 11.6 Å². The minimum Gasteiger partial charge on any atom is -0.506 e. The molecule has 0 spiro atoms. The molecule has 0 aliphatic carbocycles. The molecule has 10 nitrogen and oxygen atoms in total. The Bertz CT molecular complexity index is 806. The Morgan fingerprint density at radius 1 is 1.05 bits per heavy atom. The van der Waals surface area contributed by atoms with Crippen molar-refractivity contribution in [2.24, 2.45) is 15.4 Å². The van der Waals surface area contributed by atoms with E-state index in [1.165, 1.54) is 12.1 Å².